The molecule has 3 rings (SSSR count). The molecule has 9 heteroatoms. The molecule has 2 aromatic carbocycles. The van der Waals surface area contributed by atoms with Crippen LogP contribution in [0.5, 0.6) is 5.75 Å². The Balaban J connectivity index is 1.57. The number of aromatic nitrogens is 2. The number of amides is 2. The van der Waals surface area contributed by atoms with Gasteiger partial charge in [-0.15, -0.1) is 0 Å². The number of para-hydroxylation sites is 1. The fraction of sp³-hybridized carbons (Fsp3) is 0.143. The maximum absolute atomic E-state index is 12.4. The van der Waals surface area contributed by atoms with Crippen molar-refractivity contribution in [1.82, 2.24) is 20.6 Å². The molecule has 0 atom stereocenters. The largest absolute Gasteiger partial charge is 0.492 e. The van der Waals surface area contributed by atoms with Crippen molar-refractivity contribution in [2.45, 2.75) is 13.1 Å². The smallest absolute Gasteiger partial charge is 0.274 e. The van der Waals surface area contributed by atoms with E-state index in [2.05, 4.69) is 10.4 Å². The van der Waals surface area contributed by atoms with Crippen LogP contribution in [-0.2, 0) is 13.1 Å². The summed E-state index contributed by atoms with van der Waals surface area (Å²) in [5, 5.41) is 15.4. The van der Waals surface area contributed by atoms with Crippen molar-refractivity contribution in [3.63, 3.8) is 0 Å². The molecule has 0 unspecified atom stereocenters. The molecule has 0 aliphatic rings. The first-order chi connectivity index (χ1) is 14.6. The van der Waals surface area contributed by atoms with Gasteiger partial charge in [0, 0.05) is 18.2 Å². The first kappa shape index (κ1) is 20.7. The molecular weight excluding hydrogens is 388 g/mol. The molecule has 0 bridgehead atoms. The van der Waals surface area contributed by atoms with E-state index in [0.29, 0.717) is 11.3 Å². The van der Waals surface area contributed by atoms with E-state index in [-0.39, 0.29) is 30.9 Å². The molecule has 0 radical (unpaired) electrons. The minimum Gasteiger partial charge on any atom is -0.492 e. The molecule has 9 nitrogen and oxygen atoms in total. The van der Waals surface area contributed by atoms with Crippen LogP contribution in [0.4, 0.5) is 0 Å². The minimum absolute atomic E-state index is 0.102. The second-order valence-electron chi connectivity index (χ2n) is 6.26. The first-order valence-corrected chi connectivity index (χ1v) is 9.14. The molecule has 3 aromatic rings. The zero-order valence-electron chi connectivity index (χ0n) is 15.9. The van der Waals surface area contributed by atoms with Crippen LogP contribution in [0.1, 0.15) is 26.4 Å². The van der Waals surface area contributed by atoms with Crippen LogP contribution in [0, 0.1) is 0 Å². The highest BCUT2D eigenvalue weighted by Gasteiger charge is 2.10. The third-order valence-electron chi connectivity index (χ3n) is 4.19. The minimum atomic E-state index is -0.617. The summed E-state index contributed by atoms with van der Waals surface area (Å²) in [6.45, 7) is 0.636. The Labute approximate surface area is 171 Å². The van der Waals surface area contributed by atoms with Crippen molar-refractivity contribution in [3.8, 4) is 5.75 Å². The van der Waals surface area contributed by atoms with Crippen molar-refractivity contribution in [2.24, 2.45) is 0 Å². The van der Waals surface area contributed by atoms with Gasteiger partial charge < -0.3 is 10.1 Å². The zero-order chi connectivity index (χ0) is 21.3. The Morgan fingerprint density at radius 1 is 0.967 bits per heavy atom. The van der Waals surface area contributed by atoms with Crippen LogP contribution in [-0.4, -0.2) is 33.4 Å². The summed E-state index contributed by atoms with van der Waals surface area (Å²) in [7, 11) is 0. The van der Waals surface area contributed by atoms with Gasteiger partial charge in [-0.05, 0) is 35.9 Å². The molecule has 30 heavy (non-hydrogen) atoms. The van der Waals surface area contributed by atoms with Crippen LogP contribution < -0.4 is 21.1 Å². The number of ether oxygens (including phenoxy) is 1. The summed E-state index contributed by atoms with van der Waals surface area (Å²) in [4.78, 5) is 35.7. The SMILES string of the molecule is O=C(NO)c1ccc(CNC(=O)c2ccc(=O)n(CCOc3ccccc3)n2)cc1. The second kappa shape index (κ2) is 9.99. The Morgan fingerprint density at radius 2 is 1.70 bits per heavy atom. The van der Waals surface area contributed by atoms with Crippen molar-refractivity contribution < 1.29 is 19.5 Å². The maximum atomic E-state index is 12.4. The van der Waals surface area contributed by atoms with Crippen LogP contribution in [0.2, 0.25) is 0 Å². The second-order valence-corrected chi connectivity index (χ2v) is 6.26. The molecule has 0 aliphatic carbocycles. The predicted molar refractivity (Wildman–Crippen MR) is 107 cm³/mol. The summed E-state index contributed by atoms with van der Waals surface area (Å²) in [5.41, 5.74) is 2.37. The number of rotatable bonds is 8. The van der Waals surface area contributed by atoms with Gasteiger partial charge >= 0.3 is 0 Å². The highest BCUT2D eigenvalue weighted by Crippen LogP contribution is 2.08. The molecule has 0 aliphatic heterocycles. The third-order valence-corrected chi connectivity index (χ3v) is 4.19. The molecule has 0 fully saturated rings. The van der Waals surface area contributed by atoms with Crippen LogP contribution in [0.25, 0.3) is 0 Å². The Bertz CT molecular complexity index is 1060. The number of nitrogens with one attached hydrogen (secondary N) is 2. The standard InChI is InChI=1S/C21H20N4O5/c26-19-11-10-18(23-25(19)12-13-30-17-4-2-1-3-5-17)21(28)22-14-15-6-8-16(9-7-15)20(27)24-29/h1-11,29H,12-14H2,(H,22,28)(H,24,27). The van der Waals surface area contributed by atoms with Crippen LogP contribution >= 0.6 is 0 Å². The summed E-state index contributed by atoms with van der Waals surface area (Å²) in [6.07, 6.45) is 0. The van der Waals surface area contributed by atoms with E-state index in [1.807, 2.05) is 30.3 Å². The summed E-state index contributed by atoms with van der Waals surface area (Å²) >= 11 is 0. The number of carbonyl (C=O) groups is 2. The average Bonchev–Trinajstić information content (AvgIpc) is 2.79. The van der Waals surface area contributed by atoms with E-state index in [1.165, 1.54) is 28.9 Å². The molecule has 1 aromatic heterocycles. The number of hydrogen-bond donors (Lipinski definition) is 3. The van der Waals surface area contributed by atoms with Gasteiger partial charge in [0.1, 0.15) is 18.1 Å². The fourth-order valence-electron chi connectivity index (χ4n) is 2.61. The number of hydrogen-bond acceptors (Lipinski definition) is 6. The Morgan fingerprint density at radius 3 is 2.40 bits per heavy atom. The van der Waals surface area contributed by atoms with E-state index >= 15 is 0 Å². The van der Waals surface area contributed by atoms with E-state index < -0.39 is 11.8 Å². The normalized spacial score (nSPS) is 10.3. The lowest BCUT2D eigenvalue weighted by Crippen LogP contribution is -2.30. The van der Waals surface area contributed by atoms with Gasteiger partial charge in [0.05, 0.1) is 6.54 Å². The Hall–Kier alpha value is -3.98. The molecular formula is C21H20N4O5. The average molecular weight is 408 g/mol. The molecule has 154 valence electrons. The first-order valence-electron chi connectivity index (χ1n) is 9.14. The van der Waals surface area contributed by atoms with Gasteiger partial charge in [0.15, 0.2) is 0 Å². The van der Waals surface area contributed by atoms with Gasteiger partial charge in [-0.2, -0.15) is 5.10 Å². The lowest BCUT2D eigenvalue weighted by Gasteiger charge is -2.09. The fourth-order valence-corrected chi connectivity index (χ4v) is 2.61. The third kappa shape index (κ3) is 5.52. The highest BCUT2D eigenvalue weighted by atomic mass is 16.5. The number of hydroxylamine groups is 1. The topological polar surface area (TPSA) is 123 Å². The van der Waals surface area contributed by atoms with E-state index in [1.54, 1.807) is 17.6 Å². The monoisotopic (exact) mass is 408 g/mol. The number of benzene rings is 2. The number of nitrogens with zero attached hydrogens (tertiary/aromatic N) is 2. The van der Waals surface area contributed by atoms with Gasteiger partial charge in [0.25, 0.3) is 17.4 Å². The van der Waals surface area contributed by atoms with Crippen molar-refractivity contribution in [2.75, 3.05) is 6.61 Å². The van der Waals surface area contributed by atoms with Gasteiger partial charge in [0.2, 0.25) is 0 Å². The molecule has 0 spiro atoms. The molecule has 1 heterocycles. The molecule has 2 amide bonds. The van der Waals surface area contributed by atoms with Gasteiger partial charge in [-0.3, -0.25) is 19.6 Å². The maximum Gasteiger partial charge on any atom is 0.274 e. The molecule has 3 N–H and O–H groups in total. The summed E-state index contributed by atoms with van der Waals surface area (Å²) in [6, 6.07) is 18.2. The quantitative estimate of drug-likeness (QED) is 0.382. The van der Waals surface area contributed by atoms with E-state index in [0.717, 1.165) is 5.56 Å². The zero-order valence-corrected chi connectivity index (χ0v) is 15.9. The lowest BCUT2D eigenvalue weighted by molar-refractivity contribution is 0.0706. The number of carbonyl (C=O) groups excluding carboxylic acids is 2. The van der Waals surface area contributed by atoms with E-state index in [4.69, 9.17) is 9.94 Å². The van der Waals surface area contributed by atoms with Crippen LogP contribution in [0.15, 0.2) is 71.5 Å². The van der Waals surface area contributed by atoms with Crippen molar-refractivity contribution in [1.29, 1.82) is 0 Å². The van der Waals surface area contributed by atoms with Gasteiger partial charge in [-0.1, -0.05) is 30.3 Å². The lowest BCUT2D eigenvalue weighted by atomic mass is 10.1. The molecule has 0 saturated heterocycles. The molecule has 0 saturated carbocycles. The van der Waals surface area contributed by atoms with Gasteiger partial charge in [-0.25, -0.2) is 10.2 Å². The van der Waals surface area contributed by atoms with Crippen molar-refractivity contribution >= 4 is 11.8 Å². The summed E-state index contributed by atoms with van der Waals surface area (Å²) < 4.78 is 6.74. The summed E-state index contributed by atoms with van der Waals surface area (Å²) in [5.74, 6) is -0.375. The highest BCUT2D eigenvalue weighted by molar-refractivity contribution is 5.93. The Kier molecular flexibility index (Phi) is 6.91. The van der Waals surface area contributed by atoms with Crippen LogP contribution in [0.3, 0.4) is 0 Å². The van der Waals surface area contributed by atoms with E-state index in [9.17, 15) is 14.4 Å². The predicted octanol–water partition coefficient (Wildman–Crippen LogP) is 1.37. The van der Waals surface area contributed by atoms with Crippen molar-refractivity contribution in [3.05, 3.63) is 93.9 Å².